The maximum Gasteiger partial charge on any atom is 0.307 e. The van der Waals surface area contributed by atoms with Crippen molar-refractivity contribution in [1.82, 2.24) is 4.57 Å². The van der Waals surface area contributed by atoms with E-state index in [4.69, 9.17) is 0 Å². The van der Waals surface area contributed by atoms with Gasteiger partial charge in [-0.15, -0.1) is 0 Å². The summed E-state index contributed by atoms with van der Waals surface area (Å²) in [6.45, 7) is 2.31. The summed E-state index contributed by atoms with van der Waals surface area (Å²) < 4.78 is 1.66. The minimum atomic E-state index is -0.276. The van der Waals surface area contributed by atoms with E-state index in [1.807, 2.05) is 42.6 Å². The van der Waals surface area contributed by atoms with Crippen LogP contribution in [0, 0.1) is 18.3 Å². The zero-order chi connectivity index (χ0) is 12.3. The van der Waals surface area contributed by atoms with E-state index in [0.29, 0.717) is 6.54 Å². The zero-order valence-corrected chi connectivity index (χ0v) is 10.3. The average Bonchev–Trinajstić information content (AvgIpc) is 2.68. The molecule has 3 nitrogen and oxygen atoms in total. The Balaban J connectivity index is 2.29. The Morgan fingerprint density at radius 2 is 2.12 bits per heavy atom. The van der Waals surface area contributed by atoms with Crippen LogP contribution >= 0.6 is 11.3 Å². The summed E-state index contributed by atoms with van der Waals surface area (Å²) in [5.74, 6) is -0.276. The van der Waals surface area contributed by atoms with E-state index in [2.05, 4.69) is 6.07 Å². The third-order valence-corrected chi connectivity index (χ3v) is 3.58. The molecule has 2 rings (SSSR count). The second-order valence-corrected chi connectivity index (χ2v) is 4.67. The first-order chi connectivity index (χ1) is 8.22. The van der Waals surface area contributed by atoms with Crippen LogP contribution in [-0.4, -0.2) is 4.57 Å². The number of thiazole rings is 1. The van der Waals surface area contributed by atoms with Crippen molar-refractivity contribution < 1.29 is 0 Å². The van der Waals surface area contributed by atoms with E-state index in [1.165, 1.54) is 11.3 Å². The average molecular weight is 244 g/mol. The third-order valence-electron chi connectivity index (χ3n) is 2.70. The number of hydrogen-bond donors (Lipinski definition) is 0. The Hall–Kier alpha value is -1.86. The SMILES string of the molecule is Cc1csc(=O)n1CC(C#N)c1ccccc1. The number of aromatic nitrogens is 1. The number of aryl methyl sites for hydroxylation is 1. The smallest absolute Gasteiger partial charge is 0.302 e. The number of nitriles is 1. The molecule has 1 aromatic carbocycles. The largest absolute Gasteiger partial charge is 0.307 e. The van der Waals surface area contributed by atoms with Gasteiger partial charge >= 0.3 is 4.87 Å². The van der Waals surface area contributed by atoms with Gasteiger partial charge in [0.15, 0.2) is 0 Å². The summed E-state index contributed by atoms with van der Waals surface area (Å²) >= 11 is 1.18. The van der Waals surface area contributed by atoms with Crippen LogP contribution in [0.25, 0.3) is 0 Å². The molecule has 1 heterocycles. The molecule has 1 atom stereocenters. The van der Waals surface area contributed by atoms with Crippen LogP contribution in [0.15, 0.2) is 40.5 Å². The highest BCUT2D eigenvalue weighted by Crippen LogP contribution is 2.17. The minimum Gasteiger partial charge on any atom is -0.302 e. The Kier molecular flexibility index (Phi) is 3.40. The number of hydrogen-bond acceptors (Lipinski definition) is 3. The van der Waals surface area contributed by atoms with Crippen LogP contribution in [0.2, 0.25) is 0 Å². The Morgan fingerprint density at radius 3 is 2.65 bits per heavy atom. The highest BCUT2D eigenvalue weighted by molar-refractivity contribution is 7.07. The first kappa shape index (κ1) is 11.6. The molecule has 1 aromatic heterocycles. The van der Waals surface area contributed by atoms with E-state index >= 15 is 0 Å². The van der Waals surface area contributed by atoms with E-state index in [0.717, 1.165) is 11.3 Å². The van der Waals surface area contributed by atoms with Crippen LogP contribution in [0.1, 0.15) is 17.2 Å². The fourth-order valence-electron chi connectivity index (χ4n) is 1.71. The van der Waals surface area contributed by atoms with Gasteiger partial charge in [-0.2, -0.15) is 5.26 Å². The van der Waals surface area contributed by atoms with Crippen molar-refractivity contribution in [1.29, 1.82) is 5.26 Å². The van der Waals surface area contributed by atoms with Gasteiger partial charge in [-0.3, -0.25) is 4.79 Å². The van der Waals surface area contributed by atoms with Crippen LogP contribution in [0.5, 0.6) is 0 Å². The molecule has 0 saturated heterocycles. The number of nitrogens with zero attached hydrogens (tertiary/aromatic N) is 2. The quantitative estimate of drug-likeness (QED) is 0.832. The van der Waals surface area contributed by atoms with E-state index in [-0.39, 0.29) is 10.8 Å². The van der Waals surface area contributed by atoms with Gasteiger partial charge in [-0.05, 0) is 12.5 Å². The maximum absolute atomic E-state index is 11.6. The molecule has 0 N–H and O–H groups in total. The molecule has 0 spiro atoms. The monoisotopic (exact) mass is 244 g/mol. The fraction of sp³-hybridized carbons (Fsp3) is 0.231. The molecule has 0 aliphatic rings. The van der Waals surface area contributed by atoms with Gasteiger partial charge in [0.25, 0.3) is 0 Å². The van der Waals surface area contributed by atoms with Crippen molar-refractivity contribution >= 4 is 11.3 Å². The van der Waals surface area contributed by atoms with Gasteiger partial charge in [0.05, 0.1) is 12.0 Å². The molecule has 4 heteroatoms. The molecule has 17 heavy (non-hydrogen) atoms. The topological polar surface area (TPSA) is 45.8 Å². The second-order valence-electron chi connectivity index (χ2n) is 3.85. The predicted octanol–water partition coefficient (Wildman–Crippen LogP) is 2.53. The highest BCUT2D eigenvalue weighted by Gasteiger charge is 2.13. The minimum absolute atomic E-state index is 0.00122. The Bertz CT molecular complexity index is 592. The van der Waals surface area contributed by atoms with E-state index in [1.54, 1.807) is 4.57 Å². The fourth-order valence-corrected chi connectivity index (χ4v) is 2.46. The van der Waals surface area contributed by atoms with Crippen LogP contribution in [-0.2, 0) is 6.54 Å². The number of benzene rings is 1. The van der Waals surface area contributed by atoms with Crippen molar-refractivity contribution in [2.75, 3.05) is 0 Å². The summed E-state index contributed by atoms with van der Waals surface area (Å²) in [5, 5.41) is 11.0. The first-order valence-corrected chi connectivity index (χ1v) is 6.20. The van der Waals surface area contributed by atoms with Gasteiger partial charge in [0, 0.05) is 17.6 Å². The van der Waals surface area contributed by atoms with Gasteiger partial charge in [-0.1, -0.05) is 41.7 Å². The lowest BCUT2D eigenvalue weighted by atomic mass is 10.0. The predicted molar refractivity (Wildman–Crippen MR) is 68.1 cm³/mol. The van der Waals surface area contributed by atoms with Gasteiger partial charge in [-0.25, -0.2) is 0 Å². The molecular formula is C13H12N2OS. The van der Waals surface area contributed by atoms with Gasteiger partial charge in [0.1, 0.15) is 0 Å². The van der Waals surface area contributed by atoms with Gasteiger partial charge in [0.2, 0.25) is 0 Å². The maximum atomic E-state index is 11.6. The standard InChI is InChI=1S/C13H12N2OS/c1-10-9-17-13(16)15(10)8-12(7-14)11-5-3-2-4-6-11/h2-6,9,12H,8H2,1H3. The summed E-state index contributed by atoms with van der Waals surface area (Å²) in [6, 6.07) is 11.8. The lowest BCUT2D eigenvalue weighted by molar-refractivity contribution is 0.622. The molecule has 86 valence electrons. The van der Waals surface area contributed by atoms with Crippen molar-refractivity contribution in [2.24, 2.45) is 0 Å². The van der Waals surface area contributed by atoms with Gasteiger partial charge < -0.3 is 4.57 Å². The molecular weight excluding hydrogens is 232 g/mol. The molecule has 1 unspecified atom stereocenters. The lowest BCUT2D eigenvalue weighted by Crippen LogP contribution is -2.18. The van der Waals surface area contributed by atoms with Crippen LogP contribution < -0.4 is 4.87 Å². The molecule has 0 radical (unpaired) electrons. The highest BCUT2D eigenvalue weighted by atomic mass is 32.1. The van der Waals surface area contributed by atoms with Crippen molar-refractivity contribution in [3.05, 3.63) is 56.6 Å². The van der Waals surface area contributed by atoms with E-state index in [9.17, 15) is 10.1 Å². The molecule has 2 aromatic rings. The second kappa shape index (κ2) is 4.98. The molecule has 0 saturated carbocycles. The van der Waals surface area contributed by atoms with Crippen LogP contribution in [0.3, 0.4) is 0 Å². The zero-order valence-electron chi connectivity index (χ0n) is 9.46. The number of rotatable bonds is 3. The Labute approximate surface area is 104 Å². The molecule has 0 fully saturated rings. The summed E-state index contributed by atoms with van der Waals surface area (Å²) in [6.07, 6.45) is 0. The normalized spacial score (nSPS) is 12.0. The Morgan fingerprint density at radius 1 is 1.41 bits per heavy atom. The van der Waals surface area contributed by atoms with E-state index < -0.39 is 0 Å². The van der Waals surface area contributed by atoms with Crippen molar-refractivity contribution in [2.45, 2.75) is 19.4 Å². The summed E-state index contributed by atoms with van der Waals surface area (Å²) in [4.78, 5) is 11.6. The summed E-state index contributed by atoms with van der Waals surface area (Å²) in [7, 11) is 0. The van der Waals surface area contributed by atoms with Crippen molar-refractivity contribution in [3.8, 4) is 6.07 Å². The lowest BCUT2D eigenvalue weighted by Gasteiger charge is -2.10. The molecule has 0 aliphatic carbocycles. The molecule has 0 bridgehead atoms. The van der Waals surface area contributed by atoms with Crippen LogP contribution in [0.4, 0.5) is 0 Å². The molecule has 0 amide bonds. The summed E-state index contributed by atoms with van der Waals surface area (Å²) in [5.41, 5.74) is 1.86. The third kappa shape index (κ3) is 2.45. The first-order valence-electron chi connectivity index (χ1n) is 5.32. The molecule has 0 aliphatic heterocycles. The van der Waals surface area contributed by atoms with Crippen molar-refractivity contribution in [3.63, 3.8) is 0 Å².